The summed E-state index contributed by atoms with van der Waals surface area (Å²) in [5.74, 6) is 0. The third kappa shape index (κ3) is 2.48. The maximum atomic E-state index is 8.69. The van der Waals surface area contributed by atoms with E-state index in [1.807, 2.05) is 42.6 Å². The molecule has 1 aromatic heterocycles. The molecule has 2 aromatic rings. The molecule has 0 aliphatic carbocycles. The summed E-state index contributed by atoms with van der Waals surface area (Å²) < 4.78 is 2.57. The van der Waals surface area contributed by atoms with Crippen molar-refractivity contribution in [3.05, 3.63) is 52.3 Å². The van der Waals surface area contributed by atoms with E-state index in [-0.39, 0.29) is 5.57 Å². The van der Waals surface area contributed by atoms with Crippen molar-refractivity contribution in [3.63, 3.8) is 0 Å². The van der Waals surface area contributed by atoms with Crippen molar-refractivity contribution < 1.29 is 0 Å². The highest BCUT2D eigenvalue weighted by atomic mass is 79.9. The van der Waals surface area contributed by atoms with Crippen LogP contribution in [0.3, 0.4) is 0 Å². The van der Waals surface area contributed by atoms with Crippen LogP contribution in [0.5, 0.6) is 0 Å². The number of aromatic nitrogens is 2. The molecule has 0 aliphatic heterocycles. The van der Waals surface area contributed by atoms with Crippen LogP contribution in [0.2, 0.25) is 0 Å². The molecule has 0 atom stereocenters. The van der Waals surface area contributed by atoms with Crippen molar-refractivity contribution in [2.45, 2.75) is 0 Å². The van der Waals surface area contributed by atoms with E-state index in [1.165, 1.54) is 6.08 Å². The lowest BCUT2D eigenvalue weighted by molar-refractivity contribution is 0.876. The zero-order valence-electron chi connectivity index (χ0n) is 9.21. The molecule has 0 N–H and O–H groups in total. The van der Waals surface area contributed by atoms with Crippen LogP contribution in [0.25, 0.3) is 11.8 Å². The molecule has 2 rings (SSSR count). The molecule has 0 bridgehead atoms. The van der Waals surface area contributed by atoms with Crippen LogP contribution < -0.4 is 0 Å². The maximum absolute atomic E-state index is 8.69. The molecular weight excluding hydrogens is 292 g/mol. The monoisotopic (exact) mass is 298 g/mol. The standard InChI is InChI=1S/C13H7BrN4/c14-12-7-10(6-11(8-15)9-16)2-3-13(12)18-5-1-4-17-18/h1-7H. The molecule has 0 amide bonds. The summed E-state index contributed by atoms with van der Waals surface area (Å²) in [5.41, 5.74) is 1.76. The highest BCUT2D eigenvalue weighted by Crippen LogP contribution is 2.23. The summed E-state index contributed by atoms with van der Waals surface area (Å²) in [6, 6.07) is 11.0. The molecule has 1 aromatic carbocycles. The predicted octanol–water partition coefficient (Wildman–Crippen LogP) is 3.07. The van der Waals surface area contributed by atoms with Gasteiger partial charge in [-0.1, -0.05) is 6.07 Å². The van der Waals surface area contributed by atoms with Gasteiger partial charge in [-0.05, 0) is 45.8 Å². The number of rotatable bonds is 2. The van der Waals surface area contributed by atoms with Crippen LogP contribution in [0.15, 0.2) is 46.7 Å². The molecule has 1 heterocycles. The number of halogens is 1. The lowest BCUT2D eigenvalue weighted by Gasteiger charge is -2.05. The Hall–Kier alpha value is -2.37. The lowest BCUT2D eigenvalue weighted by Crippen LogP contribution is -1.95. The number of allylic oxidation sites excluding steroid dienone is 1. The maximum Gasteiger partial charge on any atom is 0.130 e. The van der Waals surface area contributed by atoms with Gasteiger partial charge in [0.1, 0.15) is 17.7 Å². The first-order valence-corrected chi connectivity index (χ1v) is 5.85. The van der Waals surface area contributed by atoms with Gasteiger partial charge in [0.2, 0.25) is 0 Å². The summed E-state index contributed by atoms with van der Waals surface area (Å²) >= 11 is 3.45. The van der Waals surface area contributed by atoms with Gasteiger partial charge in [0.05, 0.1) is 5.69 Å². The van der Waals surface area contributed by atoms with E-state index < -0.39 is 0 Å². The first kappa shape index (κ1) is 12.1. The molecule has 86 valence electrons. The van der Waals surface area contributed by atoms with E-state index >= 15 is 0 Å². The molecule has 0 fully saturated rings. The quantitative estimate of drug-likeness (QED) is 0.800. The Morgan fingerprint density at radius 2 is 2.11 bits per heavy atom. The van der Waals surface area contributed by atoms with Crippen molar-refractivity contribution in [1.29, 1.82) is 10.5 Å². The van der Waals surface area contributed by atoms with Crippen molar-refractivity contribution in [3.8, 4) is 17.8 Å². The second kappa shape index (κ2) is 5.31. The summed E-state index contributed by atoms with van der Waals surface area (Å²) in [5, 5.41) is 21.5. The molecule has 0 aliphatic rings. The minimum atomic E-state index is 0.0775. The molecule has 0 saturated heterocycles. The SMILES string of the molecule is N#CC(C#N)=Cc1ccc(-n2cccn2)c(Br)c1. The van der Waals surface area contributed by atoms with Gasteiger partial charge in [-0.15, -0.1) is 0 Å². The Labute approximate surface area is 113 Å². The van der Waals surface area contributed by atoms with Gasteiger partial charge in [-0.25, -0.2) is 4.68 Å². The first-order valence-electron chi connectivity index (χ1n) is 5.06. The van der Waals surface area contributed by atoms with Gasteiger partial charge in [0, 0.05) is 16.9 Å². The molecule has 5 heteroatoms. The molecule has 18 heavy (non-hydrogen) atoms. The van der Waals surface area contributed by atoms with Crippen LogP contribution in [-0.2, 0) is 0 Å². The molecule has 0 radical (unpaired) electrons. The fraction of sp³-hybridized carbons (Fsp3) is 0. The van der Waals surface area contributed by atoms with Crippen LogP contribution in [-0.4, -0.2) is 9.78 Å². The third-order valence-corrected chi connectivity index (χ3v) is 2.91. The predicted molar refractivity (Wildman–Crippen MR) is 70.5 cm³/mol. The second-order valence-corrected chi connectivity index (χ2v) is 4.30. The zero-order valence-corrected chi connectivity index (χ0v) is 10.8. The van der Waals surface area contributed by atoms with Gasteiger partial charge < -0.3 is 0 Å². The van der Waals surface area contributed by atoms with E-state index in [1.54, 1.807) is 10.9 Å². The highest BCUT2D eigenvalue weighted by Gasteiger charge is 2.03. The summed E-state index contributed by atoms with van der Waals surface area (Å²) in [6.07, 6.45) is 5.08. The van der Waals surface area contributed by atoms with E-state index in [2.05, 4.69) is 21.0 Å². The second-order valence-electron chi connectivity index (χ2n) is 3.44. The fourth-order valence-corrected chi connectivity index (χ4v) is 2.04. The summed E-state index contributed by atoms with van der Waals surface area (Å²) in [4.78, 5) is 0. The van der Waals surface area contributed by atoms with Crippen molar-refractivity contribution in [1.82, 2.24) is 9.78 Å². The average molecular weight is 299 g/mol. The van der Waals surface area contributed by atoms with Gasteiger partial charge >= 0.3 is 0 Å². The van der Waals surface area contributed by atoms with Crippen molar-refractivity contribution in [2.24, 2.45) is 0 Å². The molecular formula is C13H7BrN4. The Morgan fingerprint density at radius 3 is 2.67 bits per heavy atom. The topological polar surface area (TPSA) is 65.4 Å². The summed E-state index contributed by atoms with van der Waals surface area (Å²) in [7, 11) is 0. The van der Waals surface area contributed by atoms with Gasteiger partial charge in [0.25, 0.3) is 0 Å². The Balaban J connectivity index is 2.41. The smallest absolute Gasteiger partial charge is 0.130 e. The fourth-order valence-electron chi connectivity index (χ4n) is 1.47. The number of hydrogen-bond donors (Lipinski definition) is 0. The largest absolute Gasteiger partial charge is 0.240 e. The third-order valence-electron chi connectivity index (χ3n) is 2.27. The van der Waals surface area contributed by atoms with E-state index in [9.17, 15) is 0 Å². The number of nitrogens with zero attached hydrogens (tertiary/aromatic N) is 4. The number of benzene rings is 1. The Kier molecular flexibility index (Phi) is 3.57. The van der Waals surface area contributed by atoms with Gasteiger partial charge in [-0.2, -0.15) is 15.6 Å². The molecule has 0 unspecified atom stereocenters. The molecule has 0 spiro atoms. The Bertz CT molecular complexity index is 656. The highest BCUT2D eigenvalue weighted by molar-refractivity contribution is 9.10. The minimum absolute atomic E-state index is 0.0775. The number of nitriles is 2. The van der Waals surface area contributed by atoms with Crippen LogP contribution in [0.1, 0.15) is 5.56 Å². The molecule has 0 saturated carbocycles. The van der Waals surface area contributed by atoms with Crippen LogP contribution in [0.4, 0.5) is 0 Å². The van der Waals surface area contributed by atoms with E-state index in [0.29, 0.717) is 0 Å². The summed E-state index contributed by atoms with van der Waals surface area (Å²) in [6.45, 7) is 0. The van der Waals surface area contributed by atoms with Crippen LogP contribution >= 0.6 is 15.9 Å². The van der Waals surface area contributed by atoms with E-state index in [0.717, 1.165) is 15.7 Å². The normalized spacial score (nSPS) is 9.28. The van der Waals surface area contributed by atoms with Crippen molar-refractivity contribution in [2.75, 3.05) is 0 Å². The van der Waals surface area contributed by atoms with Crippen LogP contribution in [0, 0.1) is 22.7 Å². The number of hydrogen-bond acceptors (Lipinski definition) is 3. The average Bonchev–Trinajstić information content (AvgIpc) is 2.89. The first-order chi connectivity index (χ1) is 8.74. The minimum Gasteiger partial charge on any atom is -0.240 e. The van der Waals surface area contributed by atoms with Gasteiger partial charge in [0.15, 0.2) is 0 Å². The Morgan fingerprint density at radius 1 is 1.33 bits per heavy atom. The molecule has 4 nitrogen and oxygen atoms in total. The van der Waals surface area contributed by atoms with Crippen molar-refractivity contribution >= 4 is 22.0 Å². The lowest BCUT2D eigenvalue weighted by atomic mass is 10.1. The van der Waals surface area contributed by atoms with Gasteiger partial charge in [-0.3, -0.25) is 0 Å². The van der Waals surface area contributed by atoms with E-state index in [4.69, 9.17) is 10.5 Å². The zero-order chi connectivity index (χ0) is 13.0.